The van der Waals surface area contributed by atoms with Crippen molar-refractivity contribution in [3.05, 3.63) is 59.7 Å². The van der Waals surface area contributed by atoms with Crippen LogP contribution in [-0.2, 0) is 11.5 Å². The minimum absolute atomic E-state index is 0.528. The van der Waals surface area contributed by atoms with Crippen LogP contribution in [0.1, 0.15) is 30.1 Å². The summed E-state index contributed by atoms with van der Waals surface area (Å²) in [5.41, 5.74) is 2.31. The molecule has 19 heavy (non-hydrogen) atoms. The van der Waals surface area contributed by atoms with Gasteiger partial charge in [-0.05, 0) is 51.9 Å². The van der Waals surface area contributed by atoms with Gasteiger partial charge in [-0.3, -0.25) is 0 Å². The summed E-state index contributed by atoms with van der Waals surface area (Å²) in [6, 6.07) is 17.0. The number of aryl methyl sites for hydroxylation is 1. The lowest BCUT2D eigenvalue weighted by atomic mass is 9.85. The lowest BCUT2D eigenvalue weighted by molar-refractivity contribution is 0.0737. The van der Waals surface area contributed by atoms with Gasteiger partial charge in [-0.2, -0.15) is 0 Å². The SMILES string of the molecule is [O]C1CCCc2c1ccc1c2ccc2ccccc21. The second-order valence-electron chi connectivity index (χ2n) is 5.40. The molecule has 0 bridgehead atoms. The highest BCUT2D eigenvalue weighted by Gasteiger charge is 2.21. The summed E-state index contributed by atoms with van der Waals surface area (Å²) in [4.78, 5) is 0. The normalized spacial score (nSPS) is 18.7. The molecule has 0 aromatic heterocycles. The van der Waals surface area contributed by atoms with Gasteiger partial charge in [0.2, 0.25) is 0 Å². The Labute approximate surface area is 112 Å². The Bertz CT molecular complexity index is 773. The van der Waals surface area contributed by atoms with Gasteiger partial charge in [0.25, 0.3) is 0 Å². The Morgan fingerprint density at radius 1 is 0.842 bits per heavy atom. The lowest BCUT2D eigenvalue weighted by Crippen LogP contribution is -2.08. The summed E-state index contributed by atoms with van der Waals surface area (Å²) in [6.07, 6.45) is 2.32. The van der Waals surface area contributed by atoms with Gasteiger partial charge < -0.3 is 0 Å². The van der Waals surface area contributed by atoms with Crippen molar-refractivity contribution >= 4 is 21.5 Å². The third kappa shape index (κ3) is 1.58. The van der Waals surface area contributed by atoms with Gasteiger partial charge in [0, 0.05) is 0 Å². The van der Waals surface area contributed by atoms with E-state index in [0.29, 0.717) is 0 Å². The van der Waals surface area contributed by atoms with E-state index in [4.69, 9.17) is 0 Å². The van der Waals surface area contributed by atoms with Crippen molar-refractivity contribution in [1.29, 1.82) is 0 Å². The quantitative estimate of drug-likeness (QED) is 0.508. The smallest absolute Gasteiger partial charge is 0.118 e. The first kappa shape index (κ1) is 11.0. The molecule has 3 aromatic rings. The fourth-order valence-corrected chi connectivity index (χ4v) is 3.37. The van der Waals surface area contributed by atoms with Gasteiger partial charge in [0.15, 0.2) is 0 Å². The molecule has 0 spiro atoms. The summed E-state index contributed by atoms with van der Waals surface area (Å²) in [7, 11) is 0. The van der Waals surface area contributed by atoms with Crippen molar-refractivity contribution in [2.24, 2.45) is 0 Å². The minimum Gasteiger partial charge on any atom is -0.228 e. The Balaban J connectivity index is 2.13. The molecule has 4 rings (SSSR count). The predicted octanol–water partition coefficient (Wildman–Crippen LogP) is 4.80. The molecule has 0 N–H and O–H groups in total. The Morgan fingerprint density at radius 2 is 1.68 bits per heavy atom. The molecule has 0 heterocycles. The second kappa shape index (κ2) is 4.07. The summed E-state index contributed by atoms with van der Waals surface area (Å²) in [5, 5.41) is 17.2. The molecule has 0 fully saturated rings. The van der Waals surface area contributed by atoms with E-state index in [9.17, 15) is 5.11 Å². The standard InChI is InChI=1S/C18H15O/c19-18-7-3-6-14-16-9-8-12-4-1-2-5-13(12)15(16)10-11-17(14)18/h1-2,4-5,8-11,18H,3,6-7H2. The summed E-state index contributed by atoms with van der Waals surface area (Å²) in [6.45, 7) is 0. The van der Waals surface area contributed by atoms with E-state index in [-0.39, 0.29) is 0 Å². The fraction of sp³-hybridized carbons (Fsp3) is 0.222. The molecule has 0 saturated heterocycles. The monoisotopic (exact) mass is 247 g/mol. The molecule has 1 heteroatoms. The van der Waals surface area contributed by atoms with Gasteiger partial charge in [-0.25, -0.2) is 5.11 Å². The molecule has 1 unspecified atom stereocenters. The summed E-state index contributed by atoms with van der Waals surface area (Å²) in [5.74, 6) is 0. The van der Waals surface area contributed by atoms with Crippen LogP contribution in [0.4, 0.5) is 0 Å². The summed E-state index contributed by atoms with van der Waals surface area (Å²) >= 11 is 0. The molecule has 1 radical (unpaired) electrons. The minimum atomic E-state index is -0.528. The van der Waals surface area contributed by atoms with Crippen LogP contribution in [-0.4, -0.2) is 0 Å². The maximum absolute atomic E-state index is 12.1. The van der Waals surface area contributed by atoms with Gasteiger partial charge in [-0.1, -0.05) is 48.5 Å². The molecule has 0 amide bonds. The van der Waals surface area contributed by atoms with Crippen molar-refractivity contribution in [1.82, 2.24) is 0 Å². The van der Waals surface area contributed by atoms with Crippen molar-refractivity contribution in [2.45, 2.75) is 25.4 Å². The highest BCUT2D eigenvalue weighted by Crippen LogP contribution is 2.37. The van der Waals surface area contributed by atoms with E-state index in [0.717, 1.165) is 24.8 Å². The van der Waals surface area contributed by atoms with Crippen LogP contribution in [0.5, 0.6) is 0 Å². The van der Waals surface area contributed by atoms with E-state index in [2.05, 4.69) is 48.5 Å². The highest BCUT2D eigenvalue weighted by molar-refractivity contribution is 6.08. The van der Waals surface area contributed by atoms with Gasteiger partial charge in [0.1, 0.15) is 6.10 Å². The van der Waals surface area contributed by atoms with Gasteiger partial charge >= 0.3 is 0 Å². The van der Waals surface area contributed by atoms with E-state index >= 15 is 0 Å². The van der Waals surface area contributed by atoms with E-state index in [1.54, 1.807) is 0 Å². The molecule has 1 atom stereocenters. The van der Waals surface area contributed by atoms with Gasteiger partial charge in [-0.15, -0.1) is 0 Å². The van der Waals surface area contributed by atoms with E-state index in [1.807, 2.05) is 0 Å². The van der Waals surface area contributed by atoms with Crippen LogP contribution in [0.15, 0.2) is 48.5 Å². The van der Waals surface area contributed by atoms with Gasteiger partial charge in [0.05, 0.1) is 0 Å². The Hall–Kier alpha value is -1.86. The first-order valence-electron chi connectivity index (χ1n) is 6.93. The zero-order valence-electron chi connectivity index (χ0n) is 10.7. The van der Waals surface area contributed by atoms with Crippen LogP contribution in [0.25, 0.3) is 21.5 Å². The molecule has 0 saturated carbocycles. The molecule has 3 aromatic carbocycles. The summed E-state index contributed by atoms with van der Waals surface area (Å²) < 4.78 is 0. The topological polar surface area (TPSA) is 19.9 Å². The number of rotatable bonds is 0. The molecular weight excluding hydrogens is 232 g/mol. The molecule has 1 nitrogen and oxygen atoms in total. The van der Waals surface area contributed by atoms with Crippen molar-refractivity contribution < 1.29 is 5.11 Å². The van der Waals surface area contributed by atoms with E-state index in [1.165, 1.54) is 27.1 Å². The zero-order valence-corrected chi connectivity index (χ0v) is 10.7. The largest absolute Gasteiger partial charge is 0.228 e. The predicted molar refractivity (Wildman–Crippen MR) is 77.8 cm³/mol. The highest BCUT2D eigenvalue weighted by atomic mass is 16.3. The van der Waals surface area contributed by atoms with Crippen molar-refractivity contribution in [2.75, 3.05) is 0 Å². The molecule has 93 valence electrons. The Kier molecular flexibility index (Phi) is 2.36. The van der Waals surface area contributed by atoms with Crippen LogP contribution in [0.2, 0.25) is 0 Å². The van der Waals surface area contributed by atoms with Crippen molar-refractivity contribution in [3.8, 4) is 0 Å². The third-order valence-electron chi connectivity index (χ3n) is 4.31. The number of hydrogen-bond acceptors (Lipinski definition) is 0. The van der Waals surface area contributed by atoms with Crippen LogP contribution in [0, 0.1) is 0 Å². The third-order valence-corrected chi connectivity index (χ3v) is 4.31. The maximum Gasteiger partial charge on any atom is 0.118 e. The maximum atomic E-state index is 12.1. The van der Waals surface area contributed by atoms with Crippen molar-refractivity contribution in [3.63, 3.8) is 0 Å². The van der Waals surface area contributed by atoms with Crippen LogP contribution >= 0.6 is 0 Å². The Morgan fingerprint density at radius 3 is 2.63 bits per heavy atom. The first-order chi connectivity index (χ1) is 9.34. The van der Waals surface area contributed by atoms with Crippen LogP contribution < -0.4 is 0 Å². The average Bonchev–Trinajstić information content (AvgIpc) is 2.47. The number of hydrogen-bond donors (Lipinski definition) is 0. The molecule has 1 aliphatic rings. The molecule has 0 aliphatic heterocycles. The lowest BCUT2D eigenvalue weighted by Gasteiger charge is -2.22. The average molecular weight is 247 g/mol. The molecular formula is C18H15O. The van der Waals surface area contributed by atoms with Crippen LogP contribution in [0.3, 0.4) is 0 Å². The second-order valence-corrected chi connectivity index (χ2v) is 5.40. The van der Waals surface area contributed by atoms with E-state index < -0.39 is 6.10 Å². The fourth-order valence-electron chi connectivity index (χ4n) is 3.37. The zero-order chi connectivity index (χ0) is 12.8. The number of fused-ring (bicyclic) bond motifs is 5. The molecule has 1 aliphatic carbocycles. The first-order valence-corrected chi connectivity index (χ1v) is 6.93. The number of benzene rings is 3.